The molecule has 0 bridgehead atoms. The molecule has 1 aromatic heterocycles. The fourth-order valence-corrected chi connectivity index (χ4v) is 2.56. The molecule has 0 aliphatic rings. The van der Waals surface area contributed by atoms with Gasteiger partial charge in [-0.05, 0) is 25.2 Å². The molecule has 0 unspecified atom stereocenters. The number of hydrogen-bond donors (Lipinski definition) is 1. The maximum absolute atomic E-state index is 12.9. The minimum atomic E-state index is -0.496. The average Bonchev–Trinajstić information content (AvgIpc) is 2.56. The van der Waals surface area contributed by atoms with Crippen LogP contribution in [0.15, 0.2) is 48.8 Å². The number of likely N-dealkylation sites (N-methyl/N-ethyl adjacent to an activating group) is 1. The molecule has 7 heteroatoms. The molecule has 0 fully saturated rings. The van der Waals surface area contributed by atoms with Crippen LogP contribution >= 0.6 is 12.2 Å². The molecule has 2 rings (SSSR count). The predicted octanol–water partition coefficient (Wildman–Crippen LogP) is 1.81. The lowest BCUT2D eigenvalue weighted by Gasteiger charge is -2.16. The van der Waals surface area contributed by atoms with E-state index < -0.39 is 4.92 Å². The largest absolute Gasteiger partial charge is 0.867 e. The molecule has 124 valence electrons. The zero-order valence-corrected chi connectivity index (χ0v) is 14.2. The molecule has 0 saturated carbocycles. The van der Waals surface area contributed by atoms with E-state index in [0.29, 0.717) is 17.1 Å². The predicted molar refractivity (Wildman–Crippen MR) is 93.9 cm³/mol. The summed E-state index contributed by atoms with van der Waals surface area (Å²) in [5.41, 5.74) is 0.886. The fourth-order valence-electron chi connectivity index (χ4n) is 2.21. The van der Waals surface area contributed by atoms with Crippen molar-refractivity contribution in [3.8, 4) is 0 Å². The summed E-state index contributed by atoms with van der Waals surface area (Å²) in [6.07, 6.45) is 3.42. The molecule has 0 radical (unpaired) electrons. The van der Waals surface area contributed by atoms with Crippen LogP contribution in [0.1, 0.15) is 18.1 Å². The molecule has 0 saturated heterocycles. The molecule has 0 spiro atoms. The Bertz CT molecular complexity index is 804. The van der Waals surface area contributed by atoms with Gasteiger partial charge in [0, 0.05) is 30.3 Å². The van der Waals surface area contributed by atoms with Gasteiger partial charge in [-0.1, -0.05) is 30.4 Å². The number of thiocarbonyl (C=S) groups is 1. The summed E-state index contributed by atoms with van der Waals surface area (Å²) in [4.78, 5) is 10.9. The highest BCUT2D eigenvalue weighted by Gasteiger charge is 2.19. The zero-order valence-electron chi connectivity index (χ0n) is 13.4. The van der Waals surface area contributed by atoms with E-state index in [1.807, 2.05) is 13.0 Å². The summed E-state index contributed by atoms with van der Waals surface area (Å²) in [6, 6.07) is 9.80. The quantitative estimate of drug-likeness (QED) is 0.224. The second-order valence-corrected chi connectivity index (χ2v) is 5.49. The highest BCUT2D eigenvalue weighted by atomic mass is 32.1. The average molecular weight is 343 g/mol. The van der Waals surface area contributed by atoms with Gasteiger partial charge in [-0.2, -0.15) is 4.57 Å². The van der Waals surface area contributed by atoms with Crippen LogP contribution < -0.4 is 15.0 Å². The van der Waals surface area contributed by atoms with Gasteiger partial charge in [-0.3, -0.25) is 10.1 Å². The normalized spacial score (nSPS) is 11.6. The Morgan fingerprint density at radius 1 is 1.29 bits per heavy atom. The van der Waals surface area contributed by atoms with Crippen LogP contribution in [-0.4, -0.2) is 16.5 Å². The topological polar surface area (TPSA) is 82.1 Å². The Hall–Kier alpha value is -2.80. The van der Waals surface area contributed by atoms with Crippen molar-refractivity contribution in [2.24, 2.45) is 0 Å². The second kappa shape index (κ2) is 7.65. The lowest BCUT2D eigenvalue weighted by atomic mass is 10.1. The van der Waals surface area contributed by atoms with E-state index in [2.05, 4.69) is 5.32 Å². The van der Waals surface area contributed by atoms with Crippen molar-refractivity contribution in [3.05, 3.63) is 70.0 Å². The number of pyridine rings is 1. The van der Waals surface area contributed by atoms with E-state index in [4.69, 9.17) is 12.2 Å². The Balaban J connectivity index is 2.64. The molecule has 24 heavy (non-hydrogen) atoms. The molecular formula is C17H17N3O3S. The Labute approximate surface area is 145 Å². The second-order valence-electron chi connectivity index (χ2n) is 5.08. The van der Waals surface area contributed by atoms with Crippen molar-refractivity contribution < 1.29 is 14.6 Å². The molecular weight excluding hydrogens is 326 g/mol. The van der Waals surface area contributed by atoms with Crippen molar-refractivity contribution >= 4 is 34.3 Å². The number of benzene rings is 1. The molecule has 6 nitrogen and oxygen atoms in total. The molecule has 2 aromatic rings. The molecule has 0 atom stereocenters. The highest BCUT2D eigenvalue weighted by Crippen LogP contribution is 2.23. The third kappa shape index (κ3) is 3.75. The van der Waals surface area contributed by atoms with E-state index in [1.165, 1.54) is 6.07 Å². The van der Waals surface area contributed by atoms with Crippen LogP contribution in [0.25, 0.3) is 11.5 Å². The maximum Gasteiger partial charge on any atom is 0.272 e. The summed E-state index contributed by atoms with van der Waals surface area (Å²) < 4.78 is 1.61. The maximum atomic E-state index is 12.9. The molecule has 1 aromatic carbocycles. The number of rotatable bonds is 5. The minimum Gasteiger partial charge on any atom is -0.867 e. The summed E-state index contributed by atoms with van der Waals surface area (Å²) in [6.45, 7) is 4.07. The monoisotopic (exact) mass is 343 g/mol. The van der Waals surface area contributed by atoms with E-state index >= 15 is 0 Å². The van der Waals surface area contributed by atoms with Crippen LogP contribution in [-0.2, 0) is 0 Å². The Morgan fingerprint density at radius 2 is 1.96 bits per heavy atom. The molecule has 1 heterocycles. The van der Waals surface area contributed by atoms with Gasteiger partial charge in [0.2, 0.25) is 5.70 Å². The standard InChI is InChI=1S/C17H17N3O3S/c1-3-18-17(24)15(19-9-5-4-6-10-19)16(21)13-8-7-12(2)14(11-13)20(22)23/h4-11H,3H2,1-2H3,(H-,18,21,24). The fraction of sp³-hybridized carbons (Fsp3) is 0.176. The zero-order chi connectivity index (χ0) is 17.7. The number of nitrogens with one attached hydrogen (secondary N) is 1. The number of aryl methyl sites for hydroxylation is 1. The van der Waals surface area contributed by atoms with Crippen LogP contribution in [0, 0.1) is 17.0 Å². The van der Waals surface area contributed by atoms with Crippen LogP contribution in [0.4, 0.5) is 5.69 Å². The Morgan fingerprint density at radius 3 is 2.54 bits per heavy atom. The molecule has 1 N–H and O–H groups in total. The van der Waals surface area contributed by atoms with Crippen molar-refractivity contribution in [2.75, 3.05) is 6.54 Å². The number of nitro benzene ring substituents is 1. The van der Waals surface area contributed by atoms with E-state index in [-0.39, 0.29) is 22.7 Å². The lowest BCUT2D eigenvalue weighted by molar-refractivity contribution is -0.577. The third-order valence-corrected chi connectivity index (χ3v) is 3.75. The van der Waals surface area contributed by atoms with Gasteiger partial charge in [-0.25, -0.2) is 0 Å². The first-order valence-electron chi connectivity index (χ1n) is 7.37. The molecule has 0 aliphatic heterocycles. The van der Waals surface area contributed by atoms with E-state index in [9.17, 15) is 15.2 Å². The van der Waals surface area contributed by atoms with E-state index in [1.54, 1.807) is 48.1 Å². The van der Waals surface area contributed by atoms with Gasteiger partial charge in [0.15, 0.2) is 17.4 Å². The lowest BCUT2D eigenvalue weighted by Crippen LogP contribution is -2.42. The van der Waals surface area contributed by atoms with Crippen LogP contribution in [0.5, 0.6) is 0 Å². The summed E-state index contributed by atoms with van der Waals surface area (Å²) in [5.74, 6) is -0.375. The van der Waals surface area contributed by atoms with Gasteiger partial charge < -0.3 is 10.4 Å². The first-order valence-corrected chi connectivity index (χ1v) is 7.78. The number of nitro groups is 1. The summed E-state index contributed by atoms with van der Waals surface area (Å²) >= 11 is 5.32. The van der Waals surface area contributed by atoms with E-state index in [0.717, 1.165) is 0 Å². The highest BCUT2D eigenvalue weighted by molar-refractivity contribution is 7.81. The summed E-state index contributed by atoms with van der Waals surface area (Å²) in [7, 11) is 0. The van der Waals surface area contributed by atoms with Crippen molar-refractivity contribution in [1.29, 1.82) is 0 Å². The molecule has 0 amide bonds. The smallest absolute Gasteiger partial charge is 0.272 e. The third-order valence-electron chi connectivity index (χ3n) is 3.41. The van der Waals surface area contributed by atoms with Crippen LogP contribution in [0.3, 0.4) is 0 Å². The number of aromatic nitrogens is 1. The summed E-state index contributed by atoms with van der Waals surface area (Å²) in [5, 5.41) is 27.0. The first kappa shape index (κ1) is 17.6. The number of nitrogens with zero attached hydrogens (tertiary/aromatic N) is 2. The first-order chi connectivity index (χ1) is 11.5. The van der Waals surface area contributed by atoms with Crippen molar-refractivity contribution in [1.82, 2.24) is 5.32 Å². The van der Waals surface area contributed by atoms with Gasteiger partial charge in [0.05, 0.1) is 4.92 Å². The van der Waals surface area contributed by atoms with Gasteiger partial charge in [0.1, 0.15) is 0 Å². The van der Waals surface area contributed by atoms with Crippen molar-refractivity contribution in [3.63, 3.8) is 0 Å². The Kier molecular flexibility index (Phi) is 5.59. The molecule has 0 aliphatic carbocycles. The van der Waals surface area contributed by atoms with Gasteiger partial charge >= 0.3 is 0 Å². The SMILES string of the molecule is CCNC(=S)/C(=C(/[O-])c1ccc(C)c([N+](=O)[O-])c1)[n+]1ccccc1. The minimum absolute atomic E-state index is 0.0902. The van der Waals surface area contributed by atoms with Crippen molar-refractivity contribution in [2.45, 2.75) is 13.8 Å². The van der Waals surface area contributed by atoms with Gasteiger partial charge in [-0.15, -0.1) is 0 Å². The number of hydrogen-bond acceptors (Lipinski definition) is 4. The van der Waals surface area contributed by atoms with Gasteiger partial charge in [0.25, 0.3) is 5.69 Å². The van der Waals surface area contributed by atoms with Crippen LogP contribution in [0.2, 0.25) is 0 Å².